The second-order valence-electron chi connectivity index (χ2n) is 3.89. The Bertz CT molecular complexity index is 558. The maximum Gasteiger partial charge on any atom is 0.153 e. The van der Waals surface area contributed by atoms with Crippen LogP contribution in [0.15, 0.2) is 27.2 Å². The van der Waals surface area contributed by atoms with Crippen LogP contribution >= 0.6 is 15.9 Å². The molecule has 0 aliphatic carbocycles. The quantitative estimate of drug-likeness (QED) is 0.812. The number of hydrogen-bond donors (Lipinski definition) is 0. The number of aldehydes is 1. The zero-order valence-electron chi connectivity index (χ0n) is 10.1. The highest BCUT2D eigenvalue weighted by molar-refractivity contribution is 9.10. The van der Waals surface area contributed by atoms with E-state index in [9.17, 15) is 4.79 Å². The summed E-state index contributed by atoms with van der Waals surface area (Å²) in [7, 11) is 0. The first-order valence-corrected chi connectivity index (χ1v) is 6.20. The molecule has 0 atom stereocenters. The predicted octanol–water partition coefficient (Wildman–Crippen LogP) is 3.45. The molecule has 5 heteroatoms. The van der Waals surface area contributed by atoms with Gasteiger partial charge in [-0.1, -0.05) is 21.1 Å². The summed E-state index contributed by atoms with van der Waals surface area (Å²) in [6.45, 7) is 4.03. The van der Waals surface area contributed by atoms with E-state index in [4.69, 9.17) is 9.26 Å². The normalized spacial score (nSPS) is 10.4. The Morgan fingerprint density at radius 1 is 1.44 bits per heavy atom. The van der Waals surface area contributed by atoms with E-state index in [1.807, 2.05) is 19.9 Å². The summed E-state index contributed by atoms with van der Waals surface area (Å²) < 4.78 is 11.5. The lowest BCUT2D eigenvalue weighted by molar-refractivity contribution is 0.111. The minimum Gasteiger partial charge on any atom is -0.488 e. The van der Waals surface area contributed by atoms with Crippen molar-refractivity contribution >= 4 is 22.2 Å². The highest BCUT2D eigenvalue weighted by Crippen LogP contribution is 2.23. The van der Waals surface area contributed by atoms with Gasteiger partial charge in [-0.2, -0.15) is 0 Å². The fourth-order valence-electron chi connectivity index (χ4n) is 1.60. The second kappa shape index (κ2) is 5.35. The molecule has 0 aliphatic heterocycles. The molecule has 0 N–H and O–H groups in total. The monoisotopic (exact) mass is 309 g/mol. The van der Waals surface area contributed by atoms with Crippen LogP contribution in [0.1, 0.15) is 27.4 Å². The topological polar surface area (TPSA) is 52.3 Å². The lowest BCUT2D eigenvalue weighted by Gasteiger charge is -2.08. The molecular formula is C13H12BrNO3. The Morgan fingerprint density at radius 3 is 2.83 bits per heavy atom. The summed E-state index contributed by atoms with van der Waals surface area (Å²) in [6.07, 6.45) is 0.771. The number of benzene rings is 1. The van der Waals surface area contributed by atoms with Crippen molar-refractivity contribution in [1.29, 1.82) is 0 Å². The van der Waals surface area contributed by atoms with Gasteiger partial charge in [0.25, 0.3) is 0 Å². The highest BCUT2D eigenvalue weighted by Gasteiger charge is 2.11. The Morgan fingerprint density at radius 2 is 2.22 bits per heavy atom. The largest absolute Gasteiger partial charge is 0.488 e. The maximum atomic E-state index is 10.9. The van der Waals surface area contributed by atoms with E-state index in [1.54, 1.807) is 12.1 Å². The van der Waals surface area contributed by atoms with Crippen molar-refractivity contribution < 1.29 is 14.1 Å². The fraction of sp³-hybridized carbons (Fsp3) is 0.231. The maximum absolute atomic E-state index is 10.9. The molecule has 2 aromatic rings. The molecule has 0 saturated heterocycles. The second-order valence-corrected chi connectivity index (χ2v) is 4.81. The smallest absolute Gasteiger partial charge is 0.153 e. The zero-order chi connectivity index (χ0) is 13.1. The standard InChI is InChI=1S/C13H12BrNO3/c1-8-12(9(2)18-15-8)7-17-13-4-3-11(14)5-10(13)6-16/h3-6H,7H2,1-2H3. The summed E-state index contributed by atoms with van der Waals surface area (Å²) in [5.41, 5.74) is 2.23. The summed E-state index contributed by atoms with van der Waals surface area (Å²) in [5.74, 6) is 1.28. The van der Waals surface area contributed by atoms with Crippen LogP contribution in [0.25, 0.3) is 0 Å². The van der Waals surface area contributed by atoms with Crippen LogP contribution in [0, 0.1) is 13.8 Å². The van der Waals surface area contributed by atoms with Gasteiger partial charge in [0.2, 0.25) is 0 Å². The van der Waals surface area contributed by atoms with Crippen molar-refractivity contribution in [3.8, 4) is 5.75 Å². The number of halogens is 1. The van der Waals surface area contributed by atoms with Crippen LogP contribution in [-0.4, -0.2) is 11.4 Å². The first kappa shape index (κ1) is 12.8. The molecule has 0 unspecified atom stereocenters. The van der Waals surface area contributed by atoms with Gasteiger partial charge in [-0.05, 0) is 32.0 Å². The number of aromatic nitrogens is 1. The van der Waals surface area contributed by atoms with Crippen LogP contribution in [-0.2, 0) is 6.61 Å². The third kappa shape index (κ3) is 2.61. The van der Waals surface area contributed by atoms with Gasteiger partial charge >= 0.3 is 0 Å². The molecule has 0 amide bonds. The SMILES string of the molecule is Cc1noc(C)c1COc1ccc(Br)cc1C=O. The molecule has 0 saturated carbocycles. The summed E-state index contributed by atoms with van der Waals surface area (Å²) >= 11 is 3.31. The van der Waals surface area contributed by atoms with Crippen LogP contribution in [0.5, 0.6) is 5.75 Å². The van der Waals surface area contributed by atoms with E-state index in [-0.39, 0.29) is 0 Å². The van der Waals surface area contributed by atoms with Gasteiger partial charge in [0.1, 0.15) is 18.1 Å². The first-order chi connectivity index (χ1) is 8.61. The van der Waals surface area contributed by atoms with Gasteiger partial charge in [0.05, 0.1) is 16.8 Å². The van der Waals surface area contributed by atoms with Crippen molar-refractivity contribution in [3.05, 3.63) is 45.3 Å². The number of ether oxygens (including phenoxy) is 1. The summed E-state index contributed by atoms with van der Waals surface area (Å²) in [6, 6.07) is 5.30. The van der Waals surface area contributed by atoms with Gasteiger partial charge in [-0.15, -0.1) is 0 Å². The van der Waals surface area contributed by atoms with E-state index < -0.39 is 0 Å². The average Bonchev–Trinajstić information content (AvgIpc) is 2.68. The number of nitrogens with zero attached hydrogens (tertiary/aromatic N) is 1. The number of carbonyl (C=O) groups excluding carboxylic acids is 1. The molecule has 94 valence electrons. The molecule has 1 heterocycles. The molecular weight excluding hydrogens is 298 g/mol. The average molecular weight is 310 g/mol. The lowest BCUT2D eigenvalue weighted by atomic mass is 10.2. The van der Waals surface area contributed by atoms with Crippen molar-refractivity contribution in [2.24, 2.45) is 0 Å². The van der Waals surface area contributed by atoms with Gasteiger partial charge in [-0.3, -0.25) is 4.79 Å². The molecule has 1 aromatic carbocycles. The Balaban J connectivity index is 2.18. The van der Waals surface area contributed by atoms with E-state index in [2.05, 4.69) is 21.1 Å². The number of rotatable bonds is 4. The van der Waals surface area contributed by atoms with E-state index in [0.717, 1.165) is 27.8 Å². The Hall–Kier alpha value is -1.62. The molecule has 18 heavy (non-hydrogen) atoms. The molecule has 2 rings (SSSR count). The first-order valence-electron chi connectivity index (χ1n) is 5.41. The highest BCUT2D eigenvalue weighted by atomic mass is 79.9. The fourth-order valence-corrected chi connectivity index (χ4v) is 1.98. The van der Waals surface area contributed by atoms with Gasteiger partial charge in [0, 0.05) is 4.47 Å². The van der Waals surface area contributed by atoms with Crippen molar-refractivity contribution in [1.82, 2.24) is 5.16 Å². The van der Waals surface area contributed by atoms with Crippen molar-refractivity contribution in [3.63, 3.8) is 0 Å². The van der Waals surface area contributed by atoms with E-state index in [1.165, 1.54) is 0 Å². The minimum absolute atomic E-state index is 0.337. The molecule has 1 aromatic heterocycles. The van der Waals surface area contributed by atoms with E-state index >= 15 is 0 Å². The van der Waals surface area contributed by atoms with Crippen LogP contribution in [0.3, 0.4) is 0 Å². The minimum atomic E-state index is 0.337. The summed E-state index contributed by atoms with van der Waals surface area (Å²) in [4.78, 5) is 10.9. The van der Waals surface area contributed by atoms with Crippen molar-refractivity contribution in [2.75, 3.05) is 0 Å². The molecule has 0 radical (unpaired) electrons. The molecule has 4 nitrogen and oxygen atoms in total. The third-order valence-corrected chi connectivity index (χ3v) is 3.15. The number of hydrogen-bond acceptors (Lipinski definition) is 4. The van der Waals surface area contributed by atoms with Gasteiger partial charge in [0.15, 0.2) is 6.29 Å². The van der Waals surface area contributed by atoms with Crippen LogP contribution in [0.4, 0.5) is 0 Å². The Kier molecular flexibility index (Phi) is 3.81. The van der Waals surface area contributed by atoms with Crippen LogP contribution < -0.4 is 4.74 Å². The number of carbonyl (C=O) groups is 1. The van der Waals surface area contributed by atoms with Crippen molar-refractivity contribution in [2.45, 2.75) is 20.5 Å². The van der Waals surface area contributed by atoms with E-state index in [0.29, 0.717) is 17.9 Å². The van der Waals surface area contributed by atoms with Crippen LogP contribution in [0.2, 0.25) is 0 Å². The van der Waals surface area contributed by atoms with Gasteiger partial charge in [-0.25, -0.2) is 0 Å². The van der Waals surface area contributed by atoms with Gasteiger partial charge < -0.3 is 9.26 Å². The Labute approximate surface area is 113 Å². The molecule has 0 bridgehead atoms. The molecule has 0 fully saturated rings. The number of aryl methyl sites for hydroxylation is 2. The molecule has 0 aliphatic rings. The summed E-state index contributed by atoms with van der Waals surface area (Å²) in [5, 5.41) is 3.85. The predicted molar refractivity (Wildman–Crippen MR) is 69.8 cm³/mol. The lowest BCUT2D eigenvalue weighted by Crippen LogP contribution is -2.00. The molecule has 0 spiro atoms. The zero-order valence-corrected chi connectivity index (χ0v) is 11.7. The third-order valence-electron chi connectivity index (χ3n) is 2.65.